The Kier molecular flexibility index (Phi) is 1.37. The molecule has 2 nitrogen and oxygen atoms in total. The lowest BCUT2D eigenvalue weighted by molar-refractivity contribution is 0.279. The largest absolute Gasteiger partial charge is 0.411 e. The first-order valence-corrected chi connectivity index (χ1v) is 4.74. The molecule has 2 bridgehead atoms. The van der Waals surface area contributed by atoms with Gasteiger partial charge in [-0.25, -0.2) is 0 Å². The molecule has 2 fully saturated rings. The average Bonchev–Trinajstić information content (AvgIpc) is 2.39. The molecule has 1 N–H and O–H groups in total. The van der Waals surface area contributed by atoms with Crippen LogP contribution in [0.4, 0.5) is 0 Å². The highest BCUT2D eigenvalue weighted by Crippen LogP contribution is 2.60. The fourth-order valence-corrected chi connectivity index (χ4v) is 3.29. The first-order chi connectivity index (χ1) is 5.50. The van der Waals surface area contributed by atoms with Crippen LogP contribution in [0.25, 0.3) is 0 Å². The molecule has 1 unspecified atom stereocenters. The van der Waals surface area contributed by atoms with E-state index in [1.807, 2.05) is 0 Å². The van der Waals surface area contributed by atoms with Gasteiger partial charge in [-0.2, -0.15) is 0 Å². The highest BCUT2D eigenvalue weighted by molar-refractivity contribution is 5.97. The van der Waals surface area contributed by atoms with Crippen molar-refractivity contribution in [1.82, 2.24) is 0 Å². The van der Waals surface area contributed by atoms with E-state index in [2.05, 4.69) is 25.9 Å². The van der Waals surface area contributed by atoms with E-state index in [0.717, 1.165) is 11.6 Å². The molecule has 0 radical (unpaired) electrons. The molecule has 0 heterocycles. The summed E-state index contributed by atoms with van der Waals surface area (Å²) < 4.78 is 0. The molecule has 68 valence electrons. The Morgan fingerprint density at radius 1 is 1.42 bits per heavy atom. The number of nitrogens with zero attached hydrogens (tertiary/aromatic N) is 1. The molecule has 0 aromatic rings. The first kappa shape index (κ1) is 8.09. The summed E-state index contributed by atoms with van der Waals surface area (Å²) in [4.78, 5) is 0. The zero-order chi connectivity index (χ0) is 8.98. The molecule has 0 saturated heterocycles. The topological polar surface area (TPSA) is 32.6 Å². The molecule has 2 aliphatic rings. The Labute approximate surface area is 73.7 Å². The van der Waals surface area contributed by atoms with Crippen LogP contribution in [0.2, 0.25) is 0 Å². The van der Waals surface area contributed by atoms with Gasteiger partial charge in [0, 0.05) is 10.8 Å². The van der Waals surface area contributed by atoms with Crippen LogP contribution in [-0.4, -0.2) is 10.9 Å². The lowest BCUT2D eigenvalue weighted by Crippen LogP contribution is -2.35. The number of hydrogen-bond donors (Lipinski definition) is 1. The molecule has 2 rings (SSSR count). The van der Waals surface area contributed by atoms with Crippen molar-refractivity contribution in [2.45, 2.75) is 40.0 Å². The Hall–Kier alpha value is -0.530. The van der Waals surface area contributed by atoms with Gasteiger partial charge in [-0.1, -0.05) is 25.9 Å². The Bertz CT molecular complexity index is 237. The molecule has 2 aliphatic carbocycles. The minimum atomic E-state index is 0.141. The fraction of sp³-hybridized carbons (Fsp3) is 0.900. The molecule has 0 amide bonds. The highest BCUT2D eigenvalue weighted by Gasteiger charge is 2.57. The normalized spacial score (nSPS) is 47.2. The van der Waals surface area contributed by atoms with Crippen LogP contribution in [0.5, 0.6) is 0 Å². The van der Waals surface area contributed by atoms with Crippen LogP contribution in [0.15, 0.2) is 5.16 Å². The molecule has 2 heteroatoms. The van der Waals surface area contributed by atoms with Gasteiger partial charge in [0.1, 0.15) is 0 Å². The minimum absolute atomic E-state index is 0.141. The standard InChI is InChI=1S/C10H17NO/c1-9(2)7-4-5-10(3,6-7)8(9)11-12/h7,12H,4-6H2,1-3H3/b11-8+/t7?,10-/m0/s1. The highest BCUT2D eigenvalue weighted by atomic mass is 16.4. The third-order valence-electron chi connectivity index (χ3n) is 4.04. The third kappa shape index (κ3) is 0.732. The van der Waals surface area contributed by atoms with Crippen molar-refractivity contribution < 1.29 is 5.21 Å². The molecule has 2 saturated carbocycles. The van der Waals surface area contributed by atoms with Gasteiger partial charge < -0.3 is 5.21 Å². The van der Waals surface area contributed by atoms with Crippen LogP contribution in [-0.2, 0) is 0 Å². The van der Waals surface area contributed by atoms with E-state index in [1.165, 1.54) is 19.3 Å². The van der Waals surface area contributed by atoms with E-state index in [-0.39, 0.29) is 10.8 Å². The second-order valence-electron chi connectivity index (χ2n) is 5.17. The summed E-state index contributed by atoms with van der Waals surface area (Å²) in [5, 5.41) is 12.5. The van der Waals surface area contributed by atoms with Gasteiger partial charge in [-0.05, 0) is 25.2 Å². The first-order valence-electron chi connectivity index (χ1n) is 4.74. The summed E-state index contributed by atoms with van der Waals surface area (Å²) in [5.74, 6) is 0.744. The monoisotopic (exact) mass is 167 g/mol. The maximum atomic E-state index is 8.98. The fourth-order valence-electron chi connectivity index (χ4n) is 3.29. The molecule has 2 atom stereocenters. The van der Waals surface area contributed by atoms with Gasteiger partial charge in [-0.15, -0.1) is 0 Å². The summed E-state index contributed by atoms with van der Waals surface area (Å²) >= 11 is 0. The number of fused-ring (bicyclic) bond motifs is 2. The maximum absolute atomic E-state index is 8.98. The second kappa shape index (κ2) is 2.04. The molecule has 0 spiro atoms. The van der Waals surface area contributed by atoms with Gasteiger partial charge in [0.15, 0.2) is 0 Å². The number of hydrogen-bond acceptors (Lipinski definition) is 2. The maximum Gasteiger partial charge on any atom is 0.0688 e. The lowest BCUT2D eigenvalue weighted by atomic mass is 9.71. The summed E-state index contributed by atoms with van der Waals surface area (Å²) in [6.45, 7) is 6.64. The summed E-state index contributed by atoms with van der Waals surface area (Å²) in [7, 11) is 0. The van der Waals surface area contributed by atoms with Gasteiger partial charge in [0.25, 0.3) is 0 Å². The van der Waals surface area contributed by atoms with Gasteiger partial charge >= 0.3 is 0 Å². The summed E-state index contributed by atoms with van der Waals surface area (Å²) in [5.41, 5.74) is 1.39. The van der Waals surface area contributed by atoms with Crippen molar-refractivity contribution in [3.8, 4) is 0 Å². The molecule has 0 aromatic carbocycles. The van der Waals surface area contributed by atoms with Crippen LogP contribution in [0.1, 0.15) is 40.0 Å². The third-order valence-corrected chi connectivity index (χ3v) is 4.04. The second-order valence-corrected chi connectivity index (χ2v) is 5.17. The van der Waals surface area contributed by atoms with Gasteiger partial charge in [0.2, 0.25) is 0 Å². The molecular weight excluding hydrogens is 150 g/mol. The van der Waals surface area contributed by atoms with E-state index in [1.54, 1.807) is 0 Å². The van der Waals surface area contributed by atoms with Crippen molar-refractivity contribution in [3.63, 3.8) is 0 Å². The van der Waals surface area contributed by atoms with Crippen molar-refractivity contribution in [1.29, 1.82) is 0 Å². The SMILES string of the molecule is CC1(C)/C(=N\O)[C@@]2(C)CCC1C2. The zero-order valence-electron chi connectivity index (χ0n) is 8.09. The predicted octanol–water partition coefficient (Wildman–Crippen LogP) is 2.66. The zero-order valence-corrected chi connectivity index (χ0v) is 8.09. The van der Waals surface area contributed by atoms with Gasteiger partial charge in [0.05, 0.1) is 5.71 Å². The van der Waals surface area contributed by atoms with Crippen LogP contribution >= 0.6 is 0 Å². The van der Waals surface area contributed by atoms with E-state index < -0.39 is 0 Å². The number of rotatable bonds is 0. The lowest BCUT2D eigenvalue weighted by Gasteiger charge is -2.33. The van der Waals surface area contributed by atoms with E-state index in [4.69, 9.17) is 5.21 Å². The summed E-state index contributed by atoms with van der Waals surface area (Å²) in [6, 6.07) is 0. The minimum Gasteiger partial charge on any atom is -0.411 e. The molecular formula is C10H17NO. The quantitative estimate of drug-likeness (QED) is 0.436. The van der Waals surface area contributed by atoms with E-state index >= 15 is 0 Å². The Morgan fingerprint density at radius 3 is 2.42 bits per heavy atom. The Balaban J connectivity index is 2.45. The van der Waals surface area contributed by atoms with Crippen LogP contribution < -0.4 is 0 Å². The molecule has 0 aromatic heterocycles. The van der Waals surface area contributed by atoms with Crippen molar-refractivity contribution >= 4 is 5.71 Å². The summed E-state index contributed by atoms with van der Waals surface area (Å²) in [6.07, 6.45) is 3.74. The smallest absolute Gasteiger partial charge is 0.0688 e. The van der Waals surface area contributed by atoms with Crippen molar-refractivity contribution in [2.24, 2.45) is 21.9 Å². The Morgan fingerprint density at radius 2 is 2.08 bits per heavy atom. The van der Waals surface area contributed by atoms with Gasteiger partial charge in [-0.3, -0.25) is 0 Å². The van der Waals surface area contributed by atoms with Crippen LogP contribution in [0, 0.1) is 16.7 Å². The van der Waals surface area contributed by atoms with Crippen molar-refractivity contribution in [3.05, 3.63) is 0 Å². The van der Waals surface area contributed by atoms with E-state index in [0.29, 0.717) is 0 Å². The molecule has 0 aliphatic heterocycles. The van der Waals surface area contributed by atoms with Crippen LogP contribution in [0.3, 0.4) is 0 Å². The predicted molar refractivity (Wildman–Crippen MR) is 48.5 cm³/mol. The average molecular weight is 167 g/mol. The van der Waals surface area contributed by atoms with E-state index in [9.17, 15) is 0 Å². The molecule has 12 heavy (non-hydrogen) atoms. The number of oxime groups is 1. The van der Waals surface area contributed by atoms with Crippen molar-refractivity contribution in [2.75, 3.05) is 0 Å².